The van der Waals surface area contributed by atoms with Crippen LogP contribution in [-0.2, 0) is 6.18 Å². The van der Waals surface area contributed by atoms with Crippen LogP contribution in [0, 0.1) is 6.92 Å². The number of alkyl halides is 3. The molecule has 0 fully saturated rings. The van der Waals surface area contributed by atoms with Gasteiger partial charge in [0.15, 0.2) is 5.65 Å². The number of nitrogens with two attached hydrogens (primary N) is 1. The topological polar surface area (TPSA) is 73.3 Å². The lowest BCUT2D eigenvalue weighted by Crippen LogP contribution is -2.12. The van der Waals surface area contributed by atoms with Crippen molar-refractivity contribution in [3.8, 4) is 11.3 Å². The Morgan fingerprint density at radius 1 is 1.26 bits per heavy atom. The van der Waals surface area contributed by atoms with Crippen molar-refractivity contribution < 1.29 is 18.0 Å². The molecule has 2 N–H and O–H groups in total. The third-order valence-corrected chi connectivity index (χ3v) is 3.43. The monoisotopic (exact) mass is 320 g/mol. The number of aromatic nitrogens is 3. The molecule has 3 aromatic rings. The second-order valence-corrected chi connectivity index (χ2v) is 4.97. The fraction of sp³-hybridized carbons (Fsp3) is 0.133. The zero-order chi connectivity index (χ0) is 16.8. The third kappa shape index (κ3) is 2.52. The van der Waals surface area contributed by atoms with Crippen LogP contribution >= 0.6 is 0 Å². The number of aryl methyl sites for hydroxylation is 1. The van der Waals surface area contributed by atoms with Crippen molar-refractivity contribution in [1.82, 2.24) is 14.6 Å². The molecule has 2 aromatic heterocycles. The van der Waals surface area contributed by atoms with Crippen molar-refractivity contribution in [3.63, 3.8) is 0 Å². The van der Waals surface area contributed by atoms with E-state index in [1.807, 2.05) is 0 Å². The van der Waals surface area contributed by atoms with Gasteiger partial charge in [0.25, 0.3) is 5.91 Å². The average Bonchev–Trinajstić information content (AvgIpc) is 2.82. The minimum Gasteiger partial charge on any atom is -0.365 e. The van der Waals surface area contributed by atoms with E-state index >= 15 is 0 Å². The van der Waals surface area contributed by atoms with Gasteiger partial charge in [-0.15, -0.1) is 0 Å². The van der Waals surface area contributed by atoms with Crippen LogP contribution in [0.25, 0.3) is 16.9 Å². The molecule has 0 atom stereocenters. The summed E-state index contributed by atoms with van der Waals surface area (Å²) in [6.07, 6.45) is -3.04. The zero-order valence-corrected chi connectivity index (χ0v) is 11.9. The number of rotatable bonds is 2. The number of amides is 1. The van der Waals surface area contributed by atoms with E-state index in [0.29, 0.717) is 17.0 Å². The molecule has 3 rings (SSSR count). The van der Waals surface area contributed by atoms with Crippen LogP contribution in [0.3, 0.4) is 0 Å². The van der Waals surface area contributed by atoms with E-state index in [4.69, 9.17) is 5.73 Å². The quantitative estimate of drug-likeness (QED) is 0.789. The Hall–Kier alpha value is -2.90. The van der Waals surface area contributed by atoms with E-state index in [2.05, 4.69) is 10.1 Å². The molecule has 8 heteroatoms. The number of fused-ring (bicyclic) bond motifs is 1. The zero-order valence-electron chi connectivity index (χ0n) is 11.9. The van der Waals surface area contributed by atoms with Crippen molar-refractivity contribution >= 4 is 11.6 Å². The smallest absolute Gasteiger partial charge is 0.365 e. The highest BCUT2D eigenvalue weighted by Gasteiger charge is 2.30. The second-order valence-electron chi connectivity index (χ2n) is 4.97. The Labute approximate surface area is 128 Å². The first-order valence-electron chi connectivity index (χ1n) is 6.61. The summed E-state index contributed by atoms with van der Waals surface area (Å²) in [5.74, 6) is -0.689. The lowest BCUT2D eigenvalue weighted by atomic mass is 10.1. The van der Waals surface area contributed by atoms with Gasteiger partial charge in [-0.2, -0.15) is 18.3 Å². The summed E-state index contributed by atoms with van der Waals surface area (Å²) in [6.45, 7) is 1.59. The van der Waals surface area contributed by atoms with Gasteiger partial charge in [-0.25, -0.2) is 9.50 Å². The number of primary amides is 1. The molecule has 0 saturated heterocycles. The maximum atomic E-state index is 12.9. The number of hydrogen-bond donors (Lipinski definition) is 1. The van der Waals surface area contributed by atoms with E-state index in [-0.39, 0.29) is 11.2 Å². The summed E-state index contributed by atoms with van der Waals surface area (Å²) in [7, 11) is 0. The second kappa shape index (κ2) is 5.08. The first-order valence-corrected chi connectivity index (χ1v) is 6.61. The minimum absolute atomic E-state index is 0.152. The van der Waals surface area contributed by atoms with Crippen LogP contribution in [0.2, 0.25) is 0 Å². The number of carbonyl (C=O) groups excluding carboxylic acids is 1. The van der Waals surface area contributed by atoms with E-state index in [0.717, 1.165) is 12.1 Å². The van der Waals surface area contributed by atoms with Gasteiger partial charge in [-0.05, 0) is 25.1 Å². The molecule has 1 amide bonds. The number of benzene rings is 1. The number of halogens is 3. The molecule has 0 spiro atoms. The molecular weight excluding hydrogens is 309 g/mol. The van der Waals surface area contributed by atoms with Crippen LogP contribution in [0.4, 0.5) is 13.2 Å². The van der Waals surface area contributed by atoms with Crippen molar-refractivity contribution in [2.75, 3.05) is 0 Å². The fourth-order valence-corrected chi connectivity index (χ4v) is 2.41. The SMILES string of the molecule is Cc1nn2c(-c3cccc(C(F)(F)F)c3)ccnc2c1C(N)=O. The largest absolute Gasteiger partial charge is 0.416 e. The van der Waals surface area contributed by atoms with Gasteiger partial charge in [0, 0.05) is 11.8 Å². The maximum absolute atomic E-state index is 12.9. The predicted molar refractivity (Wildman–Crippen MR) is 76.7 cm³/mol. The Morgan fingerprint density at radius 3 is 2.65 bits per heavy atom. The normalized spacial score (nSPS) is 11.8. The van der Waals surface area contributed by atoms with Crippen LogP contribution in [-0.4, -0.2) is 20.5 Å². The molecule has 5 nitrogen and oxygen atoms in total. The van der Waals surface area contributed by atoms with Crippen LogP contribution in [0.15, 0.2) is 36.5 Å². The van der Waals surface area contributed by atoms with Crippen molar-refractivity contribution in [2.24, 2.45) is 5.73 Å². The predicted octanol–water partition coefficient (Wildman–Crippen LogP) is 2.82. The molecule has 0 radical (unpaired) electrons. The van der Waals surface area contributed by atoms with Crippen molar-refractivity contribution in [2.45, 2.75) is 13.1 Å². The summed E-state index contributed by atoms with van der Waals surface area (Å²) in [6, 6.07) is 6.39. The van der Waals surface area contributed by atoms with Gasteiger partial charge >= 0.3 is 6.18 Å². The van der Waals surface area contributed by atoms with Gasteiger partial charge in [-0.3, -0.25) is 4.79 Å². The molecule has 0 aliphatic rings. The van der Waals surface area contributed by atoms with E-state index in [1.165, 1.54) is 28.9 Å². The first-order chi connectivity index (χ1) is 10.8. The highest BCUT2D eigenvalue weighted by molar-refractivity contribution is 6.00. The van der Waals surface area contributed by atoms with Crippen molar-refractivity contribution in [3.05, 3.63) is 53.3 Å². The number of nitrogens with zero attached hydrogens (tertiary/aromatic N) is 3. The van der Waals surface area contributed by atoms with Crippen LogP contribution < -0.4 is 5.73 Å². The first kappa shape index (κ1) is 15.0. The van der Waals surface area contributed by atoms with Crippen molar-refractivity contribution in [1.29, 1.82) is 0 Å². The molecular formula is C15H11F3N4O. The Balaban J connectivity index is 2.26. The average molecular weight is 320 g/mol. The molecule has 0 unspecified atom stereocenters. The molecule has 0 bridgehead atoms. The Kier molecular flexibility index (Phi) is 3.32. The van der Waals surface area contributed by atoms with E-state index in [9.17, 15) is 18.0 Å². The van der Waals surface area contributed by atoms with Gasteiger partial charge in [0.2, 0.25) is 0 Å². The molecule has 0 aliphatic heterocycles. The summed E-state index contributed by atoms with van der Waals surface area (Å²) in [5.41, 5.74) is 5.98. The van der Waals surface area contributed by atoms with Crippen LogP contribution in [0.1, 0.15) is 21.6 Å². The molecule has 118 valence electrons. The van der Waals surface area contributed by atoms with E-state index in [1.54, 1.807) is 6.92 Å². The number of carbonyl (C=O) groups is 1. The standard InChI is InChI=1S/C15H11F3N4O/c1-8-12(13(19)23)14-20-6-5-11(22(14)21-8)9-3-2-4-10(7-9)15(16,17)18/h2-7H,1H3,(H2,19,23). The summed E-state index contributed by atoms with van der Waals surface area (Å²) < 4.78 is 40.0. The highest BCUT2D eigenvalue weighted by atomic mass is 19.4. The fourth-order valence-electron chi connectivity index (χ4n) is 2.41. The Morgan fingerprint density at radius 2 is 2.00 bits per heavy atom. The molecule has 0 saturated carbocycles. The molecule has 2 heterocycles. The number of hydrogen-bond acceptors (Lipinski definition) is 3. The Bertz CT molecular complexity index is 915. The summed E-state index contributed by atoms with van der Waals surface area (Å²) in [4.78, 5) is 15.6. The van der Waals surface area contributed by atoms with Gasteiger partial charge in [0.05, 0.1) is 17.0 Å². The van der Waals surface area contributed by atoms with Gasteiger partial charge in [-0.1, -0.05) is 12.1 Å². The highest BCUT2D eigenvalue weighted by Crippen LogP contribution is 2.32. The maximum Gasteiger partial charge on any atom is 0.416 e. The lowest BCUT2D eigenvalue weighted by molar-refractivity contribution is -0.137. The molecule has 1 aromatic carbocycles. The molecule has 0 aliphatic carbocycles. The van der Waals surface area contributed by atoms with Gasteiger partial charge in [0.1, 0.15) is 5.56 Å². The van der Waals surface area contributed by atoms with Gasteiger partial charge < -0.3 is 5.73 Å². The minimum atomic E-state index is -4.44. The lowest BCUT2D eigenvalue weighted by Gasteiger charge is -2.09. The summed E-state index contributed by atoms with van der Waals surface area (Å²) >= 11 is 0. The van der Waals surface area contributed by atoms with E-state index < -0.39 is 17.6 Å². The summed E-state index contributed by atoms with van der Waals surface area (Å²) in [5, 5.41) is 4.17. The van der Waals surface area contributed by atoms with Crippen LogP contribution in [0.5, 0.6) is 0 Å². The molecule has 23 heavy (non-hydrogen) atoms. The third-order valence-electron chi connectivity index (χ3n) is 3.43.